The number of benzene rings is 2. The highest BCUT2D eigenvalue weighted by Crippen LogP contribution is 2.24. The molecule has 0 radical (unpaired) electrons. The maximum absolute atomic E-state index is 13.1. The predicted molar refractivity (Wildman–Crippen MR) is 64.8 cm³/mol. The molecule has 0 heterocycles. The number of rotatable bonds is 3. The smallest absolute Gasteiger partial charge is 0.159 e. The van der Waals surface area contributed by atoms with E-state index in [2.05, 4.69) is 0 Å². The van der Waals surface area contributed by atoms with Crippen LogP contribution in [0.4, 0.5) is 8.78 Å². The van der Waals surface area contributed by atoms with Gasteiger partial charge in [-0.2, -0.15) is 0 Å². The average Bonchev–Trinajstić information content (AvgIpc) is 2.41. The summed E-state index contributed by atoms with van der Waals surface area (Å²) in [6.07, 6.45) is -0.994. The van der Waals surface area contributed by atoms with Crippen LogP contribution in [-0.4, -0.2) is 5.11 Å². The lowest BCUT2D eigenvalue weighted by molar-refractivity contribution is 0.219. The third kappa shape index (κ3) is 2.55. The second kappa shape index (κ2) is 5.25. The van der Waals surface area contributed by atoms with Gasteiger partial charge in [-0.25, -0.2) is 8.78 Å². The summed E-state index contributed by atoms with van der Waals surface area (Å²) in [5, 5.41) is 10.1. The number of nitrogens with two attached hydrogens (primary N) is 1. The summed E-state index contributed by atoms with van der Waals surface area (Å²) in [6.45, 7) is 0.359. The van der Waals surface area contributed by atoms with Crippen LogP contribution in [-0.2, 0) is 6.54 Å². The van der Waals surface area contributed by atoms with Crippen LogP contribution in [0, 0.1) is 11.6 Å². The Morgan fingerprint density at radius 1 is 1.00 bits per heavy atom. The zero-order valence-corrected chi connectivity index (χ0v) is 9.61. The maximum atomic E-state index is 13.1. The highest BCUT2D eigenvalue weighted by atomic mass is 19.2. The van der Waals surface area contributed by atoms with Gasteiger partial charge in [0.15, 0.2) is 11.6 Å². The molecule has 1 atom stereocenters. The molecule has 0 spiro atoms. The first kappa shape index (κ1) is 12.7. The first-order valence-corrected chi connectivity index (χ1v) is 5.53. The van der Waals surface area contributed by atoms with Gasteiger partial charge >= 0.3 is 0 Å². The molecule has 4 heteroatoms. The van der Waals surface area contributed by atoms with E-state index in [9.17, 15) is 13.9 Å². The Kier molecular flexibility index (Phi) is 3.69. The third-order valence-corrected chi connectivity index (χ3v) is 2.76. The monoisotopic (exact) mass is 249 g/mol. The molecule has 0 aliphatic carbocycles. The van der Waals surface area contributed by atoms with Gasteiger partial charge in [0.25, 0.3) is 0 Å². The quantitative estimate of drug-likeness (QED) is 0.878. The van der Waals surface area contributed by atoms with E-state index in [1.54, 1.807) is 18.2 Å². The fourth-order valence-corrected chi connectivity index (χ4v) is 1.77. The second-order valence-corrected chi connectivity index (χ2v) is 4.03. The number of halogens is 2. The molecular weight excluding hydrogens is 236 g/mol. The molecule has 0 saturated carbocycles. The fraction of sp³-hybridized carbons (Fsp3) is 0.143. The van der Waals surface area contributed by atoms with Crippen molar-refractivity contribution in [2.45, 2.75) is 12.6 Å². The largest absolute Gasteiger partial charge is 0.384 e. The van der Waals surface area contributed by atoms with Crippen LogP contribution in [0.3, 0.4) is 0 Å². The summed E-state index contributed by atoms with van der Waals surface area (Å²) in [5.41, 5.74) is 7.29. The van der Waals surface area contributed by atoms with Gasteiger partial charge < -0.3 is 10.8 Å². The van der Waals surface area contributed by atoms with Crippen LogP contribution in [0.2, 0.25) is 0 Å². The Bertz CT molecular complexity index is 557. The topological polar surface area (TPSA) is 46.2 Å². The molecule has 0 bridgehead atoms. The first-order chi connectivity index (χ1) is 8.61. The van der Waals surface area contributed by atoms with Gasteiger partial charge in [-0.1, -0.05) is 30.3 Å². The Labute approximate surface area is 104 Å². The molecule has 2 aromatic carbocycles. The molecule has 94 valence electrons. The van der Waals surface area contributed by atoms with Crippen LogP contribution in [0.25, 0.3) is 0 Å². The number of hydrogen-bond donors (Lipinski definition) is 2. The maximum Gasteiger partial charge on any atom is 0.159 e. The van der Waals surface area contributed by atoms with Crippen LogP contribution in [0.5, 0.6) is 0 Å². The van der Waals surface area contributed by atoms with Crippen molar-refractivity contribution >= 4 is 0 Å². The minimum Gasteiger partial charge on any atom is -0.384 e. The van der Waals surface area contributed by atoms with Crippen molar-refractivity contribution < 1.29 is 13.9 Å². The number of aliphatic hydroxyl groups is 1. The first-order valence-electron chi connectivity index (χ1n) is 5.53. The van der Waals surface area contributed by atoms with E-state index < -0.39 is 17.7 Å². The Morgan fingerprint density at radius 2 is 1.72 bits per heavy atom. The van der Waals surface area contributed by atoms with Crippen molar-refractivity contribution in [3.05, 3.63) is 70.8 Å². The lowest BCUT2D eigenvalue weighted by atomic mass is 9.99. The molecular formula is C14H13F2NO. The van der Waals surface area contributed by atoms with Crippen LogP contribution in [0.15, 0.2) is 42.5 Å². The summed E-state index contributed by atoms with van der Waals surface area (Å²) in [5.74, 6) is -1.90. The Balaban J connectivity index is 2.34. The summed E-state index contributed by atoms with van der Waals surface area (Å²) >= 11 is 0. The molecule has 18 heavy (non-hydrogen) atoms. The minimum absolute atomic E-state index is 0.308. The average molecular weight is 249 g/mol. The molecule has 3 N–H and O–H groups in total. The summed E-state index contributed by atoms with van der Waals surface area (Å²) in [7, 11) is 0. The fourth-order valence-electron chi connectivity index (χ4n) is 1.77. The predicted octanol–water partition coefficient (Wildman–Crippen LogP) is 2.51. The van der Waals surface area contributed by atoms with E-state index in [-0.39, 0.29) is 0 Å². The Hall–Kier alpha value is -1.78. The lowest BCUT2D eigenvalue weighted by Gasteiger charge is -2.12. The van der Waals surface area contributed by atoms with Crippen molar-refractivity contribution in [3.8, 4) is 0 Å². The normalized spacial score (nSPS) is 12.4. The molecule has 0 amide bonds. The van der Waals surface area contributed by atoms with Crippen LogP contribution in [0.1, 0.15) is 22.8 Å². The highest BCUT2D eigenvalue weighted by molar-refractivity contribution is 5.33. The van der Waals surface area contributed by atoms with Crippen molar-refractivity contribution in [2.75, 3.05) is 0 Å². The standard InChI is InChI=1S/C14H13F2NO/c15-12-5-4-11(7-13(12)16)14(18)10-3-1-2-9(6-10)8-17/h1-7,14,18H,8,17H2. The number of hydrogen-bond acceptors (Lipinski definition) is 2. The molecule has 0 saturated heterocycles. The van der Waals surface area contributed by atoms with Gasteiger partial charge in [-0.3, -0.25) is 0 Å². The molecule has 1 unspecified atom stereocenters. The van der Waals surface area contributed by atoms with E-state index in [0.717, 1.165) is 17.7 Å². The van der Waals surface area contributed by atoms with Crippen LogP contribution >= 0.6 is 0 Å². The van der Waals surface area contributed by atoms with Crippen molar-refractivity contribution in [1.82, 2.24) is 0 Å². The van der Waals surface area contributed by atoms with E-state index in [4.69, 9.17) is 5.73 Å². The molecule has 2 aromatic rings. The lowest BCUT2D eigenvalue weighted by Crippen LogP contribution is -2.03. The zero-order valence-electron chi connectivity index (χ0n) is 9.61. The summed E-state index contributed by atoms with van der Waals surface area (Å²) in [6, 6.07) is 10.4. The molecule has 2 rings (SSSR count). The second-order valence-electron chi connectivity index (χ2n) is 4.03. The van der Waals surface area contributed by atoms with E-state index in [0.29, 0.717) is 17.7 Å². The molecule has 0 aliphatic rings. The van der Waals surface area contributed by atoms with Crippen molar-refractivity contribution in [3.63, 3.8) is 0 Å². The number of aliphatic hydroxyl groups excluding tert-OH is 1. The van der Waals surface area contributed by atoms with Gasteiger partial charge in [0.05, 0.1) is 0 Å². The highest BCUT2D eigenvalue weighted by Gasteiger charge is 2.13. The SMILES string of the molecule is NCc1cccc(C(O)c2ccc(F)c(F)c2)c1. The van der Waals surface area contributed by atoms with Gasteiger partial charge in [0.2, 0.25) is 0 Å². The summed E-state index contributed by atoms with van der Waals surface area (Å²) in [4.78, 5) is 0. The van der Waals surface area contributed by atoms with Gasteiger partial charge in [-0.05, 0) is 28.8 Å². The zero-order chi connectivity index (χ0) is 13.1. The van der Waals surface area contributed by atoms with Crippen molar-refractivity contribution in [2.24, 2.45) is 5.73 Å². The van der Waals surface area contributed by atoms with Crippen molar-refractivity contribution in [1.29, 1.82) is 0 Å². The minimum atomic E-state index is -0.994. The third-order valence-electron chi connectivity index (χ3n) is 2.76. The molecule has 0 aromatic heterocycles. The van der Waals surface area contributed by atoms with Gasteiger partial charge in [0, 0.05) is 6.54 Å². The van der Waals surface area contributed by atoms with Gasteiger partial charge in [-0.15, -0.1) is 0 Å². The van der Waals surface area contributed by atoms with Gasteiger partial charge in [0.1, 0.15) is 6.10 Å². The Morgan fingerprint density at radius 3 is 2.39 bits per heavy atom. The van der Waals surface area contributed by atoms with E-state index in [1.807, 2.05) is 6.07 Å². The van der Waals surface area contributed by atoms with E-state index >= 15 is 0 Å². The molecule has 0 aliphatic heterocycles. The van der Waals surface area contributed by atoms with Crippen LogP contribution < -0.4 is 5.73 Å². The van der Waals surface area contributed by atoms with E-state index in [1.165, 1.54) is 6.07 Å². The molecule has 2 nitrogen and oxygen atoms in total. The summed E-state index contributed by atoms with van der Waals surface area (Å²) < 4.78 is 25.9. The molecule has 0 fully saturated rings.